The zero-order chi connectivity index (χ0) is 28.0. The Morgan fingerprint density at radius 1 is 0.921 bits per heavy atom. The molecule has 38 heavy (non-hydrogen) atoms. The number of nitrogens with one attached hydrogen (secondary N) is 3. The number of fused-ring (bicyclic) bond motifs is 1. The zero-order valence-corrected chi connectivity index (χ0v) is 22.3. The smallest absolute Gasteiger partial charge is 0.407 e. The highest BCUT2D eigenvalue weighted by molar-refractivity contribution is 6.22. The van der Waals surface area contributed by atoms with Gasteiger partial charge >= 0.3 is 6.09 Å². The van der Waals surface area contributed by atoms with Gasteiger partial charge in [0.1, 0.15) is 5.60 Å². The molecule has 3 rings (SSSR count). The van der Waals surface area contributed by atoms with E-state index in [-0.39, 0.29) is 54.3 Å². The van der Waals surface area contributed by atoms with Crippen molar-refractivity contribution in [3.63, 3.8) is 0 Å². The molecule has 202 valence electrons. The molecule has 1 heterocycles. The van der Waals surface area contributed by atoms with Gasteiger partial charge in [-0.1, -0.05) is 26.0 Å². The summed E-state index contributed by atoms with van der Waals surface area (Å²) in [5, 5.41) is 8.08. The number of ether oxygens (including phenoxy) is 1. The maximum atomic E-state index is 12.8. The average molecular weight is 523 g/mol. The molecule has 2 aromatic carbocycles. The second-order valence-corrected chi connectivity index (χ2v) is 10.5. The van der Waals surface area contributed by atoms with E-state index >= 15 is 0 Å². The SMILES string of the molecule is CC(C)CN1C(=O)c2ccc(C(=O)Nc3ccc(CNC(=O)CCNC(=O)OC(C)(C)C)cc3)cc2C1=O. The van der Waals surface area contributed by atoms with Crippen molar-refractivity contribution in [3.8, 4) is 0 Å². The lowest BCUT2D eigenvalue weighted by Gasteiger charge is -2.19. The largest absolute Gasteiger partial charge is 0.444 e. The van der Waals surface area contributed by atoms with Crippen molar-refractivity contribution in [1.29, 1.82) is 0 Å². The normalized spacial score (nSPS) is 12.8. The molecule has 0 aromatic heterocycles. The van der Waals surface area contributed by atoms with Crippen molar-refractivity contribution >= 4 is 35.4 Å². The molecule has 2 aromatic rings. The molecule has 1 aliphatic heterocycles. The molecule has 0 aliphatic carbocycles. The number of rotatable bonds is 9. The Bertz CT molecular complexity index is 1230. The van der Waals surface area contributed by atoms with E-state index in [0.29, 0.717) is 17.8 Å². The van der Waals surface area contributed by atoms with Gasteiger partial charge in [0.25, 0.3) is 17.7 Å². The van der Waals surface area contributed by atoms with E-state index in [1.807, 2.05) is 13.8 Å². The summed E-state index contributed by atoms with van der Waals surface area (Å²) in [6, 6.07) is 11.4. The first kappa shape index (κ1) is 28.4. The first-order valence-electron chi connectivity index (χ1n) is 12.5. The summed E-state index contributed by atoms with van der Waals surface area (Å²) in [5.74, 6) is -1.23. The topological polar surface area (TPSA) is 134 Å². The molecule has 10 heteroatoms. The lowest BCUT2D eigenvalue weighted by Crippen LogP contribution is -2.35. The Hall–Kier alpha value is -4.21. The van der Waals surface area contributed by atoms with Crippen LogP contribution in [0.4, 0.5) is 10.5 Å². The summed E-state index contributed by atoms with van der Waals surface area (Å²) >= 11 is 0. The number of carbonyl (C=O) groups excluding carboxylic acids is 5. The Labute approximate surface area is 222 Å². The van der Waals surface area contributed by atoms with Crippen LogP contribution in [0.25, 0.3) is 0 Å². The number of amides is 5. The highest BCUT2D eigenvalue weighted by atomic mass is 16.6. The third-order valence-corrected chi connectivity index (χ3v) is 5.50. The van der Waals surface area contributed by atoms with Crippen LogP contribution < -0.4 is 16.0 Å². The highest BCUT2D eigenvalue weighted by Gasteiger charge is 2.36. The van der Waals surface area contributed by atoms with Crippen molar-refractivity contribution in [2.75, 3.05) is 18.4 Å². The molecule has 5 amide bonds. The lowest BCUT2D eigenvalue weighted by atomic mass is 10.1. The van der Waals surface area contributed by atoms with Gasteiger partial charge in [-0.2, -0.15) is 0 Å². The molecule has 0 unspecified atom stereocenters. The van der Waals surface area contributed by atoms with Crippen molar-refractivity contribution in [3.05, 3.63) is 64.7 Å². The second kappa shape index (κ2) is 11.9. The Kier molecular flexibility index (Phi) is 8.88. The van der Waals surface area contributed by atoms with Crippen molar-refractivity contribution in [2.24, 2.45) is 5.92 Å². The maximum absolute atomic E-state index is 12.8. The standard InChI is InChI=1S/C28H34N4O6/c1-17(2)16-32-25(35)21-11-8-19(14-22(21)26(32)36)24(34)31-20-9-6-18(7-10-20)15-30-23(33)12-13-29-27(37)38-28(3,4)5/h6-11,14,17H,12-13,15-16H2,1-5H3,(H,29,37)(H,30,33)(H,31,34). The van der Waals surface area contributed by atoms with E-state index in [9.17, 15) is 24.0 Å². The van der Waals surface area contributed by atoms with Gasteiger partial charge in [0.05, 0.1) is 11.1 Å². The van der Waals surface area contributed by atoms with Crippen LogP contribution in [0.3, 0.4) is 0 Å². The molecule has 0 spiro atoms. The van der Waals surface area contributed by atoms with Gasteiger partial charge in [0, 0.05) is 37.3 Å². The van der Waals surface area contributed by atoms with Gasteiger partial charge in [0.2, 0.25) is 5.91 Å². The van der Waals surface area contributed by atoms with Gasteiger partial charge in [-0.25, -0.2) is 4.79 Å². The minimum Gasteiger partial charge on any atom is -0.444 e. The molecule has 0 bridgehead atoms. The van der Waals surface area contributed by atoms with Gasteiger partial charge in [-0.3, -0.25) is 24.1 Å². The number of imide groups is 1. The minimum atomic E-state index is -0.603. The molecule has 0 fully saturated rings. The number of nitrogens with zero attached hydrogens (tertiary/aromatic N) is 1. The predicted octanol–water partition coefficient (Wildman–Crippen LogP) is 3.72. The van der Waals surface area contributed by atoms with Crippen LogP contribution in [-0.2, 0) is 16.1 Å². The van der Waals surface area contributed by atoms with E-state index in [1.54, 1.807) is 45.0 Å². The maximum Gasteiger partial charge on any atom is 0.407 e. The molecule has 0 radical (unpaired) electrons. The van der Waals surface area contributed by atoms with E-state index in [1.165, 1.54) is 23.1 Å². The van der Waals surface area contributed by atoms with Crippen molar-refractivity contribution in [1.82, 2.24) is 15.5 Å². The summed E-state index contributed by atoms with van der Waals surface area (Å²) in [7, 11) is 0. The Balaban J connectivity index is 1.49. The predicted molar refractivity (Wildman–Crippen MR) is 142 cm³/mol. The second-order valence-electron chi connectivity index (χ2n) is 10.5. The summed E-state index contributed by atoms with van der Waals surface area (Å²) in [6.07, 6.45) is -0.465. The van der Waals surface area contributed by atoms with Gasteiger partial charge in [0.15, 0.2) is 0 Å². The van der Waals surface area contributed by atoms with Crippen LogP contribution >= 0.6 is 0 Å². The summed E-state index contributed by atoms with van der Waals surface area (Å²) in [5.41, 5.74) is 1.56. The van der Waals surface area contributed by atoms with Crippen LogP contribution in [-0.4, -0.2) is 53.3 Å². The van der Waals surface area contributed by atoms with Gasteiger partial charge in [-0.05, 0) is 62.6 Å². The Morgan fingerprint density at radius 2 is 1.58 bits per heavy atom. The van der Waals surface area contributed by atoms with Gasteiger partial charge in [-0.15, -0.1) is 0 Å². The van der Waals surface area contributed by atoms with Crippen LogP contribution in [0, 0.1) is 5.92 Å². The van der Waals surface area contributed by atoms with Crippen LogP contribution in [0.5, 0.6) is 0 Å². The molecule has 10 nitrogen and oxygen atoms in total. The van der Waals surface area contributed by atoms with E-state index in [2.05, 4.69) is 16.0 Å². The molecule has 3 N–H and O–H groups in total. The van der Waals surface area contributed by atoms with Crippen molar-refractivity contribution in [2.45, 2.75) is 53.2 Å². The Morgan fingerprint density at radius 3 is 2.21 bits per heavy atom. The number of hydrogen-bond acceptors (Lipinski definition) is 6. The van der Waals surface area contributed by atoms with E-state index < -0.39 is 17.6 Å². The molecular weight excluding hydrogens is 488 g/mol. The fraction of sp³-hybridized carbons (Fsp3) is 0.393. The van der Waals surface area contributed by atoms with E-state index in [0.717, 1.165) is 5.56 Å². The number of anilines is 1. The third-order valence-electron chi connectivity index (χ3n) is 5.50. The third kappa shape index (κ3) is 7.64. The van der Waals surface area contributed by atoms with Crippen LogP contribution in [0.2, 0.25) is 0 Å². The zero-order valence-electron chi connectivity index (χ0n) is 22.3. The fourth-order valence-corrected chi connectivity index (χ4v) is 3.75. The van der Waals surface area contributed by atoms with Crippen LogP contribution in [0.1, 0.15) is 77.7 Å². The number of benzene rings is 2. The molecular formula is C28H34N4O6. The minimum absolute atomic E-state index is 0.109. The van der Waals surface area contributed by atoms with E-state index in [4.69, 9.17) is 4.74 Å². The molecule has 0 saturated carbocycles. The van der Waals surface area contributed by atoms with Crippen LogP contribution in [0.15, 0.2) is 42.5 Å². The lowest BCUT2D eigenvalue weighted by molar-refractivity contribution is -0.121. The highest BCUT2D eigenvalue weighted by Crippen LogP contribution is 2.25. The quantitative estimate of drug-likeness (QED) is 0.430. The number of carbonyl (C=O) groups is 5. The molecule has 0 saturated heterocycles. The number of alkyl carbamates (subject to hydrolysis) is 1. The summed E-state index contributed by atoms with van der Waals surface area (Å²) in [4.78, 5) is 62.8. The summed E-state index contributed by atoms with van der Waals surface area (Å²) in [6.45, 7) is 9.89. The first-order valence-corrected chi connectivity index (χ1v) is 12.5. The summed E-state index contributed by atoms with van der Waals surface area (Å²) < 4.78 is 5.12. The monoisotopic (exact) mass is 522 g/mol. The molecule has 0 atom stereocenters. The molecule has 1 aliphatic rings. The fourth-order valence-electron chi connectivity index (χ4n) is 3.75. The average Bonchev–Trinajstić information content (AvgIpc) is 3.06. The van der Waals surface area contributed by atoms with Crippen molar-refractivity contribution < 1.29 is 28.7 Å². The number of hydrogen-bond donors (Lipinski definition) is 3. The first-order chi connectivity index (χ1) is 17.8. The van der Waals surface area contributed by atoms with Gasteiger partial charge < -0.3 is 20.7 Å².